The number of hydrogen-bond acceptors (Lipinski definition) is 5. The summed E-state index contributed by atoms with van der Waals surface area (Å²) in [4.78, 5) is 17.0. The number of amides is 1. The van der Waals surface area contributed by atoms with Crippen molar-refractivity contribution < 1.29 is 19.0 Å². The minimum absolute atomic E-state index is 0.00625. The Hall–Kier alpha value is -3.15. The van der Waals surface area contributed by atoms with Gasteiger partial charge in [-0.15, -0.1) is 0 Å². The third kappa shape index (κ3) is 4.22. The average molecular weight is 382 g/mol. The number of para-hydroxylation sites is 2. The summed E-state index contributed by atoms with van der Waals surface area (Å²) in [6.45, 7) is 6.82. The van der Waals surface area contributed by atoms with Crippen LogP contribution in [0.2, 0.25) is 0 Å². The summed E-state index contributed by atoms with van der Waals surface area (Å²) in [5, 5.41) is 0. The zero-order valence-corrected chi connectivity index (χ0v) is 16.4. The molecule has 0 aliphatic carbocycles. The number of benzene rings is 2. The molecular formula is C22H26N2O4. The molecule has 148 valence electrons. The lowest BCUT2D eigenvalue weighted by Crippen LogP contribution is -2.48. The molecule has 0 unspecified atom stereocenters. The molecule has 0 atom stereocenters. The number of nitrogens with zero attached hydrogens (tertiary/aromatic N) is 2. The maximum absolute atomic E-state index is 12.9. The zero-order chi connectivity index (χ0) is 19.9. The molecule has 2 aromatic carbocycles. The molecule has 0 bridgehead atoms. The van der Waals surface area contributed by atoms with Gasteiger partial charge in [0.1, 0.15) is 12.4 Å². The zero-order valence-electron chi connectivity index (χ0n) is 16.4. The van der Waals surface area contributed by atoms with E-state index in [-0.39, 0.29) is 5.91 Å². The van der Waals surface area contributed by atoms with Crippen molar-refractivity contribution in [2.75, 3.05) is 51.9 Å². The fourth-order valence-electron chi connectivity index (χ4n) is 3.29. The summed E-state index contributed by atoms with van der Waals surface area (Å²) in [6.07, 6.45) is 1.67. The van der Waals surface area contributed by atoms with Gasteiger partial charge in [-0.2, -0.15) is 0 Å². The van der Waals surface area contributed by atoms with Crippen LogP contribution < -0.4 is 19.1 Å². The lowest BCUT2D eigenvalue weighted by atomic mass is 10.1. The van der Waals surface area contributed by atoms with Crippen molar-refractivity contribution in [1.82, 2.24) is 4.90 Å². The molecule has 1 fully saturated rings. The normalized spacial score (nSPS) is 13.8. The number of carbonyl (C=O) groups is 1. The van der Waals surface area contributed by atoms with E-state index in [0.29, 0.717) is 36.8 Å². The van der Waals surface area contributed by atoms with Gasteiger partial charge in [0.05, 0.1) is 19.9 Å². The summed E-state index contributed by atoms with van der Waals surface area (Å²) in [5.41, 5.74) is 1.65. The van der Waals surface area contributed by atoms with E-state index in [1.807, 2.05) is 29.2 Å². The molecular weight excluding hydrogens is 356 g/mol. The minimum Gasteiger partial charge on any atom is -0.495 e. The van der Waals surface area contributed by atoms with E-state index < -0.39 is 0 Å². The van der Waals surface area contributed by atoms with Gasteiger partial charge in [0.2, 0.25) is 0 Å². The average Bonchev–Trinajstić information content (AvgIpc) is 2.77. The third-order valence-electron chi connectivity index (χ3n) is 4.76. The molecule has 1 aliphatic heterocycles. The SMILES string of the molecule is C=CCOc1ccc(C(=O)N2CCN(c3ccccc3OC)CC2)cc1OC. The van der Waals surface area contributed by atoms with E-state index in [0.717, 1.165) is 24.5 Å². The van der Waals surface area contributed by atoms with Gasteiger partial charge in [-0.1, -0.05) is 24.8 Å². The molecule has 0 saturated carbocycles. The summed E-state index contributed by atoms with van der Waals surface area (Å²) in [5.74, 6) is 1.98. The number of piperazine rings is 1. The lowest BCUT2D eigenvalue weighted by molar-refractivity contribution is 0.0746. The predicted molar refractivity (Wildman–Crippen MR) is 110 cm³/mol. The Morgan fingerprint density at radius 1 is 1.00 bits per heavy atom. The minimum atomic E-state index is -0.00625. The first-order valence-corrected chi connectivity index (χ1v) is 9.27. The monoisotopic (exact) mass is 382 g/mol. The smallest absolute Gasteiger partial charge is 0.254 e. The number of hydrogen-bond donors (Lipinski definition) is 0. The van der Waals surface area contributed by atoms with Crippen LogP contribution in [0.25, 0.3) is 0 Å². The van der Waals surface area contributed by atoms with Crippen molar-refractivity contribution in [2.45, 2.75) is 0 Å². The van der Waals surface area contributed by atoms with Gasteiger partial charge in [-0.05, 0) is 30.3 Å². The number of rotatable bonds is 7. The third-order valence-corrected chi connectivity index (χ3v) is 4.76. The second-order valence-corrected chi connectivity index (χ2v) is 6.42. The Morgan fingerprint density at radius 2 is 1.71 bits per heavy atom. The molecule has 0 N–H and O–H groups in total. The van der Waals surface area contributed by atoms with Crippen LogP contribution in [0.15, 0.2) is 55.1 Å². The van der Waals surface area contributed by atoms with E-state index in [9.17, 15) is 4.79 Å². The summed E-state index contributed by atoms with van der Waals surface area (Å²) >= 11 is 0. The second-order valence-electron chi connectivity index (χ2n) is 6.42. The van der Waals surface area contributed by atoms with Crippen LogP contribution in [0.4, 0.5) is 5.69 Å². The Bertz CT molecular complexity index is 829. The molecule has 28 heavy (non-hydrogen) atoms. The van der Waals surface area contributed by atoms with Crippen molar-refractivity contribution >= 4 is 11.6 Å². The van der Waals surface area contributed by atoms with Crippen molar-refractivity contribution in [3.63, 3.8) is 0 Å². The Morgan fingerprint density at radius 3 is 2.39 bits per heavy atom. The Balaban J connectivity index is 1.67. The van der Waals surface area contributed by atoms with Gasteiger partial charge in [0.25, 0.3) is 5.91 Å². The van der Waals surface area contributed by atoms with Crippen LogP contribution in [-0.2, 0) is 0 Å². The molecule has 3 rings (SSSR count). The van der Waals surface area contributed by atoms with Crippen molar-refractivity contribution in [2.24, 2.45) is 0 Å². The quantitative estimate of drug-likeness (QED) is 0.688. The number of ether oxygens (including phenoxy) is 3. The molecule has 6 nitrogen and oxygen atoms in total. The highest BCUT2D eigenvalue weighted by Gasteiger charge is 2.24. The van der Waals surface area contributed by atoms with Crippen LogP contribution in [-0.4, -0.2) is 57.8 Å². The summed E-state index contributed by atoms with van der Waals surface area (Å²) < 4.78 is 16.4. The summed E-state index contributed by atoms with van der Waals surface area (Å²) in [7, 11) is 3.24. The molecule has 0 aromatic heterocycles. The molecule has 0 radical (unpaired) electrons. The van der Waals surface area contributed by atoms with Gasteiger partial charge in [0.15, 0.2) is 11.5 Å². The number of carbonyl (C=O) groups excluding carboxylic acids is 1. The molecule has 1 amide bonds. The number of methoxy groups -OCH3 is 2. The fourth-order valence-corrected chi connectivity index (χ4v) is 3.29. The standard InChI is InChI=1S/C22H26N2O4/c1-4-15-28-20-10-9-17(16-21(20)27-3)22(25)24-13-11-23(12-14-24)18-7-5-6-8-19(18)26-2/h4-10,16H,1,11-15H2,2-3H3. The van der Waals surface area contributed by atoms with E-state index >= 15 is 0 Å². The predicted octanol–water partition coefficient (Wildman–Crippen LogP) is 3.23. The van der Waals surface area contributed by atoms with Crippen LogP contribution in [0.1, 0.15) is 10.4 Å². The van der Waals surface area contributed by atoms with E-state index in [4.69, 9.17) is 14.2 Å². The molecule has 1 aliphatic rings. The second kappa shape index (κ2) is 9.17. The van der Waals surface area contributed by atoms with E-state index in [1.165, 1.54) is 0 Å². The van der Waals surface area contributed by atoms with Crippen molar-refractivity contribution in [3.05, 3.63) is 60.7 Å². The Labute approximate surface area is 165 Å². The lowest BCUT2D eigenvalue weighted by Gasteiger charge is -2.36. The van der Waals surface area contributed by atoms with Crippen LogP contribution in [0.3, 0.4) is 0 Å². The highest BCUT2D eigenvalue weighted by molar-refractivity contribution is 5.95. The largest absolute Gasteiger partial charge is 0.495 e. The molecule has 2 aromatic rings. The van der Waals surface area contributed by atoms with Crippen molar-refractivity contribution in [1.29, 1.82) is 0 Å². The van der Waals surface area contributed by atoms with Crippen LogP contribution >= 0.6 is 0 Å². The number of anilines is 1. The van der Waals surface area contributed by atoms with Crippen molar-refractivity contribution in [3.8, 4) is 17.2 Å². The van der Waals surface area contributed by atoms with Crippen LogP contribution in [0, 0.1) is 0 Å². The Kier molecular flexibility index (Phi) is 6.42. The summed E-state index contributed by atoms with van der Waals surface area (Å²) in [6, 6.07) is 13.2. The van der Waals surface area contributed by atoms with Gasteiger partial charge >= 0.3 is 0 Å². The molecule has 1 heterocycles. The highest BCUT2D eigenvalue weighted by Crippen LogP contribution is 2.30. The first-order valence-electron chi connectivity index (χ1n) is 9.27. The molecule has 1 saturated heterocycles. The highest BCUT2D eigenvalue weighted by atomic mass is 16.5. The molecule has 6 heteroatoms. The topological polar surface area (TPSA) is 51.2 Å². The fraction of sp³-hybridized carbons (Fsp3) is 0.318. The van der Waals surface area contributed by atoms with Gasteiger partial charge < -0.3 is 24.0 Å². The van der Waals surface area contributed by atoms with E-state index in [1.54, 1.807) is 38.5 Å². The molecule has 0 spiro atoms. The van der Waals surface area contributed by atoms with Crippen LogP contribution in [0.5, 0.6) is 17.2 Å². The first-order chi connectivity index (χ1) is 13.7. The maximum atomic E-state index is 12.9. The first kappa shape index (κ1) is 19.6. The van der Waals surface area contributed by atoms with Gasteiger partial charge in [-0.25, -0.2) is 0 Å². The van der Waals surface area contributed by atoms with Gasteiger partial charge in [-0.3, -0.25) is 4.79 Å². The maximum Gasteiger partial charge on any atom is 0.254 e. The van der Waals surface area contributed by atoms with E-state index in [2.05, 4.69) is 11.5 Å². The van der Waals surface area contributed by atoms with Gasteiger partial charge in [0, 0.05) is 31.7 Å².